The summed E-state index contributed by atoms with van der Waals surface area (Å²) in [5.74, 6) is 0.458. The van der Waals surface area contributed by atoms with Gasteiger partial charge in [-0.2, -0.15) is 0 Å². The van der Waals surface area contributed by atoms with E-state index in [0.29, 0.717) is 5.92 Å². The van der Waals surface area contributed by atoms with E-state index in [1.165, 1.54) is 6.92 Å². The van der Waals surface area contributed by atoms with Crippen LogP contribution < -0.4 is 10.6 Å². The molecule has 4 heteroatoms. The molecule has 1 atom stereocenters. The number of aliphatic hydroxyl groups excluding tert-OH is 1. The van der Waals surface area contributed by atoms with Gasteiger partial charge >= 0.3 is 0 Å². The maximum atomic E-state index is 11.2. The molecule has 0 aromatic heterocycles. The number of nitrogens with one attached hydrogen (secondary N) is 2. The second-order valence-electron chi connectivity index (χ2n) is 5.14. The number of benzene rings is 1. The van der Waals surface area contributed by atoms with Crippen molar-refractivity contribution in [1.29, 1.82) is 0 Å². The first-order chi connectivity index (χ1) is 9.67. The van der Waals surface area contributed by atoms with Crippen molar-refractivity contribution in [2.75, 3.05) is 18.5 Å². The Kier molecular flexibility index (Phi) is 7.92. The van der Waals surface area contributed by atoms with Crippen LogP contribution >= 0.6 is 0 Å². The Labute approximate surface area is 121 Å². The number of aliphatic hydroxyl groups is 1. The zero-order valence-electron chi connectivity index (χ0n) is 12.5. The maximum absolute atomic E-state index is 11.2. The SMILES string of the molecule is CCCC(CCO)CNCc1ccccc1NC(C)=O. The number of hydrogen-bond donors (Lipinski definition) is 3. The van der Waals surface area contributed by atoms with Gasteiger partial charge < -0.3 is 15.7 Å². The standard InChI is InChI=1S/C16H26N2O2/c1-3-6-14(9-10-19)11-17-12-15-7-4-5-8-16(15)18-13(2)20/h4-5,7-8,14,17,19H,3,6,9-12H2,1-2H3,(H,18,20). The van der Waals surface area contributed by atoms with Gasteiger partial charge in [-0.1, -0.05) is 31.5 Å². The minimum absolute atomic E-state index is 0.0541. The Bertz CT molecular complexity index is 401. The number of carbonyl (C=O) groups is 1. The van der Waals surface area contributed by atoms with Crippen LogP contribution in [0.1, 0.15) is 38.7 Å². The maximum Gasteiger partial charge on any atom is 0.221 e. The van der Waals surface area contributed by atoms with Crippen molar-refractivity contribution in [2.45, 2.75) is 39.7 Å². The first kappa shape index (κ1) is 16.7. The first-order valence-corrected chi connectivity index (χ1v) is 7.34. The Morgan fingerprint density at radius 3 is 2.70 bits per heavy atom. The molecule has 0 aliphatic heterocycles. The molecule has 0 heterocycles. The van der Waals surface area contributed by atoms with E-state index in [0.717, 1.165) is 43.6 Å². The minimum Gasteiger partial charge on any atom is -0.396 e. The normalized spacial score (nSPS) is 12.2. The van der Waals surface area contributed by atoms with Crippen LogP contribution in [0.25, 0.3) is 0 Å². The van der Waals surface area contributed by atoms with E-state index < -0.39 is 0 Å². The smallest absolute Gasteiger partial charge is 0.221 e. The molecule has 20 heavy (non-hydrogen) atoms. The van der Waals surface area contributed by atoms with E-state index in [9.17, 15) is 4.79 Å². The summed E-state index contributed by atoms with van der Waals surface area (Å²) in [7, 11) is 0. The van der Waals surface area contributed by atoms with Gasteiger partial charge in [0.25, 0.3) is 0 Å². The van der Waals surface area contributed by atoms with Crippen LogP contribution in [0.3, 0.4) is 0 Å². The molecule has 0 saturated carbocycles. The van der Waals surface area contributed by atoms with Crippen molar-refractivity contribution < 1.29 is 9.90 Å². The van der Waals surface area contributed by atoms with Gasteiger partial charge in [0, 0.05) is 25.8 Å². The molecule has 1 aromatic rings. The fraction of sp³-hybridized carbons (Fsp3) is 0.562. The van der Waals surface area contributed by atoms with Crippen LogP contribution in [0.15, 0.2) is 24.3 Å². The zero-order chi connectivity index (χ0) is 14.8. The molecule has 3 N–H and O–H groups in total. The Balaban J connectivity index is 2.50. The van der Waals surface area contributed by atoms with Crippen molar-refractivity contribution in [1.82, 2.24) is 5.32 Å². The van der Waals surface area contributed by atoms with Crippen LogP contribution in [-0.2, 0) is 11.3 Å². The highest BCUT2D eigenvalue weighted by atomic mass is 16.3. The van der Waals surface area contributed by atoms with Gasteiger partial charge in [0.2, 0.25) is 5.91 Å². The van der Waals surface area contributed by atoms with Crippen LogP contribution in [0.4, 0.5) is 5.69 Å². The van der Waals surface area contributed by atoms with Gasteiger partial charge in [-0.05, 0) is 36.9 Å². The Morgan fingerprint density at radius 1 is 1.30 bits per heavy atom. The second kappa shape index (κ2) is 9.50. The topological polar surface area (TPSA) is 61.4 Å². The van der Waals surface area contributed by atoms with Crippen molar-refractivity contribution in [3.8, 4) is 0 Å². The van der Waals surface area contributed by atoms with E-state index >= 15 is 0 Å². The first-order valence-electron chi connectivity index (χ1n) is 7.34. The molecule has 112 valence electrons. The van der Waals surface area contributed by atoms with Crippen LogP contribution in [0, 0.1) is 5.92 Å². The summed E-state index contributed by atoms with van der Waals surface area (Å²) in [5, 5.41) is 15.3. The van der Waals surface area contributed by atoms with Gasteiger partial charge in [-0.25, -0.2) is 0 Å². The highest BCUT2D eigenvalue weighted by molar-refractivity contribution is 5.89. The van der Waals surface area contributed by atoms with E-state index in [1.54, 1.807) is 0 Å². The van der Waals surface area contributed by atoms with Crippen LogP contribution in [0.2, 0.25) is 0 Å². The van der Waals surface area contributed by atoms with Crippen LogP contribution in [-0.4, -0.2) is 24.2 Å². The number of anilines is 1. The van der Waals surface area contributed by atoms with Crippen molar-refractivity contribution in [3.63, 3.8) is 0 Å². The number of para-hydroxylation sites is 1. The number of hydrogen-bond acceptors (Lipinski definition) is 3. The lowest BCUT2D eigenvalue weighted by Gasteiger charge is -2.17. The largest absolute Gasteiger partial charge is 0.396 e. The van der Waals surface area contributed by atoms with E-state index in [4.69, 9.17) is 5.11 Å². The summed E-state index contributed by atoms with van der Waals surface area (Å²) >= 11 is 0. The molecule has 0 aliphatic carbocycles. The average molecular weight is 278 g/mol. The molecular formula is C16H26N2O2. The molecule has 0 bridgehead atoms. The summed E-state index contributed by atoms with van der Waals surface area (Å²) in [6, 6.07) is 7.81. The third-order valence-corrected chi connectivity index (χ3v) is 3.31. The summed E-state index contributed by atoms with van der Waals surface area (Å²) in [4.78, 5) is 11.2. The highest BCUT2D eigenvalue weighted by Crippen LogP contribution is 2.15. The predicted octanol–water partition coefficient (Wildman–Crippen LogP) is 2.53. The molecule has 4 nitrogen and oxygen atoms in total. The van der Waals surface area contributed by atoms with E-state index in [1.807, 2.05) is 24.3 Å². The fourth-order valence-corrected chi connectivity index (χ4v) is 2.34. The third kappa shape index (κ3) is 6.17. The summed E-state index contributed by atoms with van der Waals surface area (Å²) in [6.07, 6.45) is 3.10. The molecular weight excluding hydrogens is 252 g/mol. The summed E-state index contributed by atoms with van der Waals surface area (Å²) in [6.45, 7) is 5.54. The third-order valence-electron chi connectivity index (χ3n) is 3.31. The number of rotatable bonds is 9. The lowest BCUT2D eigenvalue weighted by atomic mass is 10.00. The van der Waals surface area contributed by atoms with Crippen molar-refractivity contribution in [2.24, 2.45) is 5.92 Å². The second-order valence-corrected chi connectivity index (χ2v) is 5.14. The Morgan fingerprint density at radius 2 is 2.05 bits per heavy atom. The number of carbonyl (C=O) groups excluding carboxylic acids is 1. The van der Waals surface area contributed by atoms with Crippen LogP contribution in [0.5, 0.6) is 0 Å². The monoisotopic (exact) mass is 278 g/mol. The van der Waals surface area contributed by atoms with E-state index in [-0.39, 0.29) is 12.5 Å². The minimum atomic E-state index is -0.0541. The molecule has 1 rings (SSSR count). The van der Waals surface area contributed by atoms with Crippen molar-refractivity contribution >= 4 is 11.6 Å². The molecule has 0 aliphatic rings. The zero-order valence-corrected chi connectivity index (χ0v) is 12.5. The quantitative estimate of drug-likeness (QED) is 0.650. The fourth-order valence-electron chi connectivity index (χ4n) is 2.34. The average Bonchev–Trinajstić information content (AvgIpc) is 2.40. The Hall–Kier alpha value is -1.39. The molecule has 0 fully saturated rings. The lowest BCUT2D eigenvalue weighted by Crippen LogP contribution is -2.24. The van der Waals surface area contributed by atoms with Gasteiger partial charge in [0.05, 0.1) is 0 Å². The lowest BCUT2D eigenvalue weighted by molar-refractivity contribution is -0.114. The molecule has 1 unspecified atom stereocenters. The predicted molar refractivity (Wildman–Crippen MR) is 82.6 cm³/mol. The van der Waals surface area contributed by atoms with Gasteiger partial charge in [-0.3, -0.25) is 4.79 Å². The van der Waals surface area contributed by atoms with Gasteiger partial charge in [0.1, 0.15) is 0 Å². The molecule has 0 radical (unpaired) electrons. The van der Waals surface area contributed by atoms with Gasteiger partial charge in [0.15, 0.2) is 0 Å². The molecule has 0 spiro atoms. The summed E-state index contributed by atoms with van der Waals surface area (Å²) in [5.41, 5.74) is 1.95. The molecule has 0 saturated heterocycles. The van der Waals surface area contributed by atoms with Gasteiger partial charge in [-0.15, -0.1) is 0 Å². The molecule has 1 amide bonds. The highest BCUT2D eigenvalue weighted by Gasteiger charge is 2.08. The number of amides is 1. The van der Waals surface area contributed by atoms with E-state index in [2.05, 4.69) is 17.6 Å². The van der Waals surface area contributed by atoms with Crippen molar-refractivity contribution in [3.05, 3.63) is 29.8 Å². The summed E-state index contributed by atoms with van der Waals surface area (Å²) < 4.78 is 0. The molecule has 1 aromatic carbocycles.